The van der Waals surface area contributed by atoms with Gasteiger partial charge in [-0.2, -0.15) is 0 Å². The Kier molecular flexibility index (Phi) is 5.35. The molecule has 0 saturated heterocycles. The Hall–Kier alpha value is -0.850. The van der Waals surface area contributed by atoms with Crippen molar-refractivity contribution < 1.29 is 4.39 Å². The smallest absolute Gasteiger partial charge is 0.126 e. The molecule has 0 fully saturated rings. The van der Waals surface area contributed by atoms with E-state index in [0.717, 1.165) is 17.5 Å². The van der Waals surface area contributed by atoms with Gasteiger partial charge in [-0.05, 0) is 25.0 Å². The van der Waals surface area contributed by atoms with E-state index >= 15 is 0 Å². The number of hydrogen-bond donors (Lipinski definition) is 0. The minimum Gasteiger partial charge on any atom is -0.207 e. The zero-order valence-corrected chi connectivity index (χ0v) is 8.32. The van der Waals surface area contributed by atoms with E-state index in [9.17, 15) is 4.39 Å². The van der Waals surface area contributed by atoms with Crippen LogP contribution >= 0.6 is 0 Å². The van der Waals surface area contributed by atoms with E-state index in [0.29, 0.717) is 0 Å². The summed E-state index contributed by atoms with van der Waals surface area (Å²) in [5, 5.41) is 0. The fourth-order valence-electron chi connectivity index (χ4n) is 0.974. The van der Waals surface area contributed by atoms with Gasteiger partial charge in [0.15, 0.2) is 0 Å². The predicted octanol–water partition coefficient (Wildman–Crippen LogP) is 3.72. The van der Waals surface area contributed by atoms with Crippen molar-refractivity contribution in [2.75, 3.05) is 0 Å². The molecule has 0 nitrogen and oxygen atoms in total. The van der Waals surface area contributed by atoms with Crippen molar-refractivity contribution in [3.05, 3.63) is 35.1 Å². The molecule has 0 heterocycles. The normalized spacial score (nSPS) is 8.75. The molecule has 0 amide bonds. The Bertz CT molecular complexity index is 228. The highest BCUT2D eigenvalue weighted by Gasteiger charge is 1.97. The zero-order valence-electron chi connectivity index (χ0n) is 8.32. The molecule has 0 saturated carbocycles. The van der Waals surface area contributed by atoms with Gasteiger partial charge in [-0.15, -0.1) is 0 Å². The van der Waals surface area contributed by atoms with Crippen LogP contribution in [-0.4, -0.2) is 0 Å². The van der Waals surface area contributed by atoms with Crippen LogP contribution in [-0.2, 0) is 6.42 Å². The molecule has 1 aromatic rings. The average molecular weight is 168 g/mol. The molecule has 1 rings (SSSR count). The molecule has 0 spiro atoms. The molecule has 0 radical (unpaired) electrons. The predicted molar refractivity (Wildman–Crippen MR) is 51.9 cm³/mol. The Morgan fingerprint density at radius 1 is 1.25 bits per heavy atom. The van der Waals surface area contributed by atoms with Crippen molar-refractivity contribution in [1.29, 1.82) is 0 Å². The average Bonchev–Trinajstić information content (AvgIpc) is 2.13. The Morgan fingerprint density at radius 3 is 2.25 bits per heavy atom. The molecule has 68 valence electrons. The lowest BCUT2D eigenvalue weighted by atomic mass is 10.1. The number of hydrogen-bond acceptors (Lipinski definition) is 0. The quantitative estimate of drug-likeness (QED) is 0.599. The van der Waals surface area contributed by atoms with Gasteiger partial charge in [0.25, 0.3) is 0 Å². The largest absolute Gasteiger partial charge is 0.207 e. The molecule has 0 aliphatic rings. The van der Waals surface area contributed by atoms with E-state index in [1.165, 1.54) is 6.07 Å². The molecule has 0 unspecified atom stereocenters. The molecule has 12 heavy (non-hydrogen) atoms. The van der Waals surface area contributed by atoms with Gasteiger partial charge in [-0.25, -0.2) is 4.39 Å². The fraction of sp³-hybridized carbons (Fsp3) is 0.455. The van der Waals surface area contributed by atoms with Crippen molar-refractivity contribution in [2.24, 2.45) is 0 Å². The lowest BCUT2D eigenvalue weighted by molar-refractivity contribution is 0.611. The first kappa shape index (κ1) is 11.2. The highest BCUT2D eigenvalue weighted by molar-refractivity contribution is 5.23. The lowest BCUT2D eigenvalue weighted by Crippen LogP contribution is -1.87. The third kappa shape index (κ3) is 3.04. The van der Waals surface area contributed by atoms with E-state index in [-0.39, 0.29) is 5.82 Å². The Morgan fingerprint density at radius 2 is 1.83 bits per heavy atom. The van der Waals surface area contributed by atoms with E-state index in [1.54, 1.807) is 6.07 Å². The van der Waals surface area contributed by atoms with Crippen LogP contribution in [0.1, 0.15) is 31.9 Å². The van der Waals surface area contributed by atoms with Crippen molar-refractivity contribution in [3.63, 3.8) is 0 Å². The minimum absolute atomic E-state index is 0.0897. The SMILES string of the molecule is CC.CCc1cc(C)ccc1F. The fourth-order valence-corrected chi connectivity index (χ4v) is 0.974. The summed E-state index contributed by atoms with van der Waals surface area (Å²) >= 11 is 0. The van der Waals surface area contributed by atoms with Crippen molar-refractivity contribution in [3.8, 4) is 0 Å². The molecule has 0 aliphatic carbocycles. The van der Waals surface area contributed by atoms with Crippen LogP contribution in [0, 0.1) is 12.7 Å². The van der Waals surface area contributed by atoms with Gasteiger partial charge in [0.1, 0.15) is 5.82 Å². The summed E-state index contributed by atoms with van der Waals surface area (Å²) in [5.74, 6) is -0.0897. The van der Waals surface area contributed by atoms with Crippen molar-refractivity contribution in [2.45, 2.75) is 34.1 Å². The second kappa shape index (κ2) is 5.76. The van der Waals surface area contributed by atoms with Crippen LogP contribution < -0.4 is 0 Å². The van der Waals surface area contributed by atoms with Crippen molar-refractivity contribution in [1.82, 2.24) is 0 Å². The van der Waals surface area contributed by atoms with Gasteiger partial charge in [0, 0.05) is 0 Å². The number of aryl methyl sites for hydroxylation is 2. The molecular formula is C11H17F. The lowest BCUT2D eigenvalue weighted by Gasteiger charge is -1.99. The number of benzene rings is 1. The molecular weight excluding hydrogens is 151 g/mol. The summed E-state index contributed by atoms with van der Waals surface area (Å²) in [6, 6.07) is 5.19. The maximum Gasteiger partial charge on any atom is 0.126 e. The van der Waals surface area contributed by atoms with Crippen LogP contribution in [0.3, 0.4) is 0 Å². The Labute approximate surface area is 74.4 Å². The summed E-state index contributed by atoms with van der Waals surface area (Å²) in [6.07, 6.45) is 0.771. The third-order valence-corrected chi connectivity index (χ3v) is 1.58. The van der Waals surface area contributed by atoms with Gasteiger partial charge in [0.05, 0.1) is 0 Å². The molecule has 0 aromatic heterocycles. The summed E-state index contributed by atoms with van der Waals surface area (Å²) in [6.45, 7) is 7.93. The van der Waals surface area contributed by atoms with Gasteiger partial charge in [-0.1, -0.05) is 38.5 Å². The molecule has 0 bridgehead atoms. The molecule has 0 N–H and O–H groups in total. The first-order valence-corrected chi connectivity index (χ1v) is 4.49. The Balaban J connectivity index is 0.000000561. The molecule has 1 aromatic carbocycles. The highest BCUT2D eigenvalue weighted by atomic mass is 19.1. The van der Waals surface area contributed by atoms with Gasteiger partial charge < -0.3 is 0 Å². The van der Waals surface area contributed by atoms with Gasteiger partial charge in [0.2, 0.25) is 0 Å². The zero-order chi connectivity index (χ0) is 9.56. The van der Waals surface area contributed by atoms with Crippen LogP contribution in [0.4, 0.5) is 4.39 Å². The minimum atomic E-state index is -0.0897. The summed E-state index contributed by atoms with van der Waals surface area (Å²) in [5.41, 5.74) is 1.93. The van der Waals surface area contributed by atoms with E-state index in [4.69, 9.17) is 0 Å². The standard InChI is InChI=1S/C9H11F.C2H6/c1-3-8-6-7(2)4-5-9(8)10;1-2/h4-6H,3H2,1-2H3;1-2H3. The molecule has 0 atom stereocenters. The summed E-state index contributed by atoms with van der Waals surface area (Å²) in [4.78, 5) is 0. The maximum atomic E-state index is 12.8. The van der Waals surface area contributed by atoms with Crippen LogP contribution in [0.5, 0.6) is 0 Å². The number of halogens is 1. The van der Waals surface area contributed by atoms with E-state index in [1.807, 2.05) is 33.8 Å². The van der Waals surface area contributed by atoms with Gasteiger partial charge >= 0.3 is 0 Å². The van der Waals surface area contributed by atoms with E-state index < -0.39 is 0 Å². The topological polar surface area (TPSA) is 0 Å². The van der Waals surface area contributed by atoms with Crippen LogP contribution in [0.15, 0.2) is 18.2 Å². The molecule has 1 heteroatoms. The second-order valence-corrected chi connectivity index (χ2v) is 2.45. The highest BCUT2D eigenvalue weighted by Crippen LogP contribution is 2.09. The van der Waals surface area contributed by atoms with Crippen LogP contribution in [0.2, 0.25) is 0 Å². The summed E-state index contributed by atoms with van der Waals surface area (Å²) in [7, 11) is 0. The number of rotatable bonds is 1. The summed E-state index contributed by atoms with van der Waals surface area (Å²) < 4.78 is 12.8. The first-order valence-electron chi connectivity index (χ1n) is 4.49. The van der Waals surface area contributed by atoms with E-state index in [2.05, 4.69) is 0 Å². The molecule has 0 aliphatic heterocycles. The van der Waals surface area contributed by atoms with Crippen molar-refractivity contribution >= 4 is 0 Å². The maximum absolute atomic E-state index is 12.8. The first-order chi connectivity index (χ1) is 5.74. The van der Waals surface area contributed by atoms with Crippen LogP contribution in [0.25, 0.3) is 0 Å². The monoisotopic (exact) mass is 168 g/mol. The second-order valence-electron chi connectivity index (χ2n) is 2.45. The van der Waals surface area contributed by atoms with Gasteiger partial charge in [-0.3, -0.25) is 0 Å². The third-order valence-electron chi connectivity index (χ3n) is 1.58.